The van der Waals surface area contributed by atoms with Gasteiger partial charge in [-0.1, -0.05) is 130 Å². The molecule has 0 saturated heterocycles. The van der Waals surface area contributed by atoms with Crippen LogP contribution >= 0.6 is 7.26 Å². The van der Waals surface area contributed by atoms with E-state index in [0.29, 0.717) is 0 Å². The first-order valence-corrected chi connectivity index (χ1v) is 21.5. The minimum Gasteiger partial charge on any atom is -0.545 e. The maximum atomic E-state index is 10.2. The molecule has 1 aromatic carbocycles. The number of aromatic hydroxyl groups is 2. The van der Waals surface area contributed by atoms with Gasteiger partial charge in [-0.2, -0.15) is 0 Å². The van der Waals surface area contributed by atoms with E-state index in [2.05, 4.69) is 27.7 Å². The molecule has 0 heterocycles. The average molecular weight is 637 g/mol. The fourth-order valence-electron chi connectivity index (χ4n) is 6.27. The highest BCUT2D eigenvalue weighted by atomic mass is 31.2. The van der Waals surface area contributed by atoms with Crippen molar-refractivity contribution < 1.29 is 20.1 Å². The summed E-state index contributed by atoms with van der Waals surface area (Å²) in [4.78, 5) is 10.2. The number of aromatic carboxylic acids is 1. The van der Waals surface area contributed by atoms with Crippen molar-refractivity contribution in [1.29, 1.82) is 0 Å². The molecule has 0 unspecified atom stereocenters. The Morgan fingerprint density at radius 2 is 0.818 bits per heavy atom. The highest BCUT2D eigenvalue weighted by molar-refractivity contribution is 7.75. The molecule has 1 rings (SSSR count). The lowest BCUT2D eigenvalue weighted by atomic mass is 10.1. The Labute approximate surface area is 274 Å². The number of unbranched alkanes of at least 4 members (excludes halogenated alkanes) is 20. The summed E-state index contributed by atoms with van der Waals surface area (Å²) >= 11 is 0. The van der Waals surface area contributed by atoms with Gasteiger partial charge in [0.25, 0.3) is 0 Å². The normalized spacial score (nSPS) is 11.4. The van der Waals surface area contributed by atoms with Gasteiger partial charge in [0.1, 0.15) is 11.5 Å². The lowest BCUT2D eigenvalue weighted by Gasteiger charge is -2.28. The van der Waals surface area contributed by atoms with Crippen molar-refractivity contribution in [2.45, 2.75) is 182 Å². The van der Waals surface area contributed by atoms with Crippen LogP contribution in [-0.4, -0.2) is 40.8 Å². The average Bonchev–Trinajstić information content (AvgIpc) is 3.01. The van der Waals surface area contributed by atoms with Crippen LogP contribution in [0.25, 0.3) is 0 Å². The number of rotatable bonds is 29. The van der Waals surface area contributed by atoms with Gasteiger partial charge < -0.3 is 20.1 Å². The van der Waals surface area contributed by atoms with Gasteiger partial charge in [-0.3, -0.25) is 0 Å². The van der Waals surface area contributed by atoms with Crippen molar-refractivity contribution >= 4 is 13.2 Å². The van der Waals surface area contributed by atoms with Crippen LogP contribution in [0.5, 0.6) is 11.5 Å². The summed E-state index contributed by atoms with van der Waals surface area (Å²) in [5.41, 5.74) is -0.412. The Bertz CT molecular complexity index is 750. The standard InChI is InChI=1S/C32H68P.C7H6O4/c1-5-9-13-17-18-19-20-21-22-23-24-28-32-33(29-25-14-10-6-2,30-26-15-11-7-3)31-27-16-12-8-4;8-4-1-2-6(9)5(3-4)7(10)11/h5-32H2,1-4H3;1-3,8-9H,(H,10,11)/q+1;/p-1. The van der Waals surface area contributed by atoms with Crippen LogP contribution in [0.3, 0.4) is 0 Å². The molecule has 0 saturated carbocycles. The maximum absolute atomic E-state index is 10.2. The molecular weight excluding hydrogens is 563 g/mol. The second-order valence-corrected chi connectivity index (χ2v) is 17.8. The minimum absolute atomic E-state index is 0.220. The van der Waals surface area contributed by atoms with E-state index in [9.17, 15) is 9.90 Å². The molecule has 0 aliphatic rings. The quantitative estimate of drug-likeness (QED) is 0.0521. The van der Waals surface area contributed by atoms with Gasteiger partial charge in [-0.05, 0) is 69.6 Å². The van der Waals surface area contributed by atoms with Crippen molar-refractivity contribution in [3.05, 3.63) is 23.8 Å². The van der Waals surface area contributed by atoms with Crippen molar-refractivity contribution in [2.75, 3.05) is 24.6 Å². The molecule has 44 heavy (non-hydrogen) atoms. The lowest BCUT2D eigenvalue weighted by molar-refractivity contribution is -0.255. The summed E-state index contributed by atoms with van der Waals surface area (Å²) in [5, 5.41) is 27.8. The highest BCUT2D eigenvalue weighted by Gasteiger charge is 2.34. The topological polar surface area (TPSA) is 80.6 Å². The number of carboxylic acids is 1. The van der Waals surface area contributed by atoms with Crippen LogP contribution < -0.4 is 5.11 Å². The Balaban J connectivity index is 0.00000139. The lowest BCUT2D eigenvalue weighted by Crippen LogP contribution is -2.22. The molecule has 2 N–H and O–H groups in total. The summed E-state index contributed by atoms with van der Waals surface area (Å²) in [6.07, 6.45) is 42.1. The van der Waals surface area contributed by atoms with E-state index in [1.165, 1.54) is 134 Å². The Kier molecular flexibility index (Phi) is 29.5. The van der Waals surface area contributed by atoms with Crippen molar-refractivity contribution in [2.24, 2.45) is 0 Å². The zero-order valence-electron chi connectivity index (χ0n) is 29.7. The van der Waals surface area contributed by atoms with E-state index < -0.39 is 24.5 Å². The fraction of sp³-hybridized carbons (Fsp3) is 0.821. The molecule has 5 heteroatoms. The molecular formula is C39H73O4P. The largest absolute Gasteiger partial charge is 0.545 e. The third kappa shape index (κ3) is 24.0. The third-order valence-electron chi connectivity index (χ3n) is 9.14. The van der Waals surface area contributed by atoms with Crippen LogP contribution in [0, 0.1) is 0 Å². The van der Waals surface area contributed by atoms with E-state index in [1.54, 1.807) is 50.3 Å². The predicted octanol–water partition coefficient (Wildman–Crippen LogP) is 11.9. The molecule has 258 valence electrons. The fourth-order valence-corrected chi connectivity index (χ4v) is 11.2. The van der Waals surface area contributed by atoms with Gasteiger partial charge in [-0.25, -0.2) is 0 Å². The molecule has 0 bridgehead atoms. The number of carbonyl (C=O) groups excluding carboxylic acids is 1. The monoisotopic (exact) mass is 637 g/mol. The number of hydrogen-bond acceptors (Lipinski definition) is 4. The molecule has 0 atom stereocenters. The van der Waals surface area contributed by atoms with Crippen LogP contribution in [-0.2, 0) is 0 Å². The number of phenols is 2. The van der Waals surface area contributed by atoms with Gasteiger partial charge in [0.05, 0.1) is 30.6 Å². The number of carboxylic acid groups (broad SMARTS) is 1. The molecule has 4 nitrogen and oxygen atoms in total. The highest BCUT2D eigenvalue weighted by Crippen LogP contribution is 2.61. The zero-order chi connectivity index (χ0) is 32.7. The number of hydrogen-bond donors (Lipinski definition) is 2. The van der Waals surface area contributed by atoms with Crippen LogP contribution in [0.4, 0.5) is 0 Å². The summed E-state index contributed by atoms with van der Waals surface area (Å²) in [5.74, 6) is -2.15. The SMILES string of the molecule is CCCCCCCCCCCCCC[P+](CCCCCC)(CCCCCC)CCCCCC.O=C([O-])c1cc(O)ccc1O. The first-order valence-electron chi connectivity index (χ1n) is 18.9. The van der Waals surface area contributed by atoms with E-state index in [1.807, 2.05) is 0 Å². The molecule has 0 aliphatic heterocycles. The number of phenolic OH excluding ortho intramolecular Hbond substituents is 1. The van der Waals surface area contributed by atoms with E-state index in [-0.39, 0.29) is 5.75 Å². The summed E-state index contributed by atoms with van der Waals surface area (Å²) < 4.78 is 0. The van der Waals surface area contributed by atoms with Crippen molar-refractivity contribution in [1.82, 2.24) is 0 Å². The Hall–Kier alpha value is -1.28. The molecule has 0 spiro atoms. The van der Waals surface area contributed by atoms with Crippen LogP contribution in [0.1, 0.15) is 192 Å². The third-order valence-corrected chi connectivity index (χ3v) is 14.2. The van der Waals surface area contributed by atoms with Gasteiger partial charge in [0, 0.05) is 12.8 Å². The van der Waals surface area contributed by atoms with E-state index >= 15 is 0 Å². The predicted molar refractivity (Wildman–Crippen MR) is 194 cm³/mol. The second-order valence-electron chi connectivity index (χ2n) is 13.3. The molecule has 0 aliphatic carbocycles. The Morgan fingerprint density at radius 3 is 1.11 bits per heavy atom. The molecule has 0 amide bonds. The maximum Gasteiger partial charge on any atom is 0.124 e. The van der Waals surface area contributed by atoms with Crippen molar-refractivity contribution in [3.8, 4) is 11.5 Å². The van der Waals surface area contributed by atoms with E-state index in [4.69, 9.17) is 10.2 Å². The molecule has 0 aromatic heterocycles. The van der Waals surface area contributed by atoms with Crippen molar-refractivity contribution in [3.63, 3.8) is 0 Å². The van der Waals surface area contributed by atoms with E-state index in [0.717, 1.165) is 12.1 Å². The number of carbonyl (C=O) groups is 1. The zero-order valence-corrected chi connectivity index (χ0v) is 30.6. The first kappa shape index (κ1) is 42.7. The Morgan fingerprint density at radius 1 is 0.523 bits per heavy atom. The summed E-state index contributed by atoms with van der Waals surface area (Å²) in [7, 11) is -0.697. The molecule has 1 aromatic rings. The first-order chi connectivity index (χ1) is 21.4. The summed E-state index contributed by atoms with van der Waals surface area (Å²) in [6.45, 7) is 9.41. The smallest absolute Gasteiger partial charge is 0.124 e. The van der Waals surface area contributed by atoms with Crippen LogP contribution in [0.2, 0.25) is 0 Å². The van der Waals surface area contributed by atoms with Gasteiger partial charge in [-0.15, -0.1) is 0 Å². The van der Waals surface area contributed by atoms with Gasteiger partial charge in [0.15, 0.2) is 0 Å². The van der Waals surface area contributed by atoms with Gasteiger partial charge >= 0.3 is 0 Å². The number of benzene rings is 1. The summed E-state index contributed by atoms with van der Waals surface area (Å²) in [6, 6.07) is 3.19. The molecule has 0 radical (unpaired) electrons. The van der Waals surface area contributed by atoms with Gasteiger partial charge in [0.2, 0.25) is 0 Å². The molecule has 0 fully saturated rings. The second kappa shape index (κ2) is 30.4. The minimum atomic E-state index is -1.52. The van der Waals surface area contributed by atoms with Crippen LogP contribution in [0.15, 0.2) is 18.2 Å².